The van der Waals surface area contributed by atoms with Gasteiger partial charge in [-0.2, -0.15) is 0 Å². The van der Waals surface area contributed by atoms with Crippen LogP contribution in [-0.4, -0.2) is 39.6 Å². The van der Waals surface area contributed by atoms with Crippen molar-refractivity contribution < 1.29 is 29.1 Å². The molecule has 8 heteroatoms. The number of hydrogen-bond donors (Lipinski definition) is 3. The molecule has 1 aromatic rings. The molecular weight excluding hydrogens is 297 g/mol. The maximum absolute atomic E-state index is 11.7. The summed E-state index contributed by atoms with van der Waals surface area (Å²) in [6, 6.07) is 6.78. The lowest BCUT2D eigenvalue weighted by molar-refractivity contribution is -0.162. The second kappa shape index (κ2) is 7.68. The summed E-state index contributed by atoms with van der Waals surface area (Å²) in [5.41, 5.74) is 0.0307. The van der Waals surface area contributed by atoms with Crippen molar-refractivity contribution in [2.24, 2.45) is 0 Å². The van der Waals surface area contributed by atoms with Gasteiger partial charge in [-0.3, -0.25) is 14.6 Å². The van der Waals surface area contributed by atoms with Crippen molar-refractivity contribution in [1.82, 2.24) is 5.06 Å². The highest BCUT2D eigenvalue weighted by Gasteiger charge is 2.32. The van der Waals surface area contributed by atoms with E-state index < -0.39 is 19.2 Å². The van der Waals surface area contributed by atoms with Crippen molar-refractivity contribution in [2.75, 3.05) is 13.7 Å². The maximum atomic E-state index is 11.7. The number of nitrogens with zero attached hydrogens (tertiary/aromatic N) is 1. The fourth-order valence-corrected chi connectivity index (χ4v) is 3.12. The second-order valence-electron chi connectivity index (χ2n) is 4.67. The van der Waals surface area contributed by atoms with Gasteiger partial charge in [0.25, 0.3) is 0 Å². The highest BCUT2D eigenvalue weighted by Crippen LogP contribution is 2.54. The van der Waals surface area contributed by atoms with Crippen LogP contribution in [0.3, 0.4) is 0 Å². The number of ether oxygens (including phenoxy) is 1. The first-order chi connectivity index (χ1) is 9.77. The lowest BCUT2D eigenvalue weighted by Crippen LogP contribution is -2.27. The number of amides is 1. The summed E-state index contributed by atoms with van der Waals surface area (Å²) in [6.07, 6.45) is -0.0545. The first-order valence-corrected chi connectivity index (χ1v) is 8.04. The summed E-state index contributed by atoms with van der Waals surface area (Å²) in [4.78, 5) is 30.1. The van der Waals surface area contributed by atoms with Crippen LogP contribution in [0.4, 0.5) is 0 Å². The monoisotopic (exact) mass is 317 g/mol. The molecule has 1 atom stereocenters. The first kappa shape index (κ1) is 17.8. The minimum absolute atomic E-state index is 0.0545. The molecule has 1 amide bonds. The molecule has 7 nitrogen and oxygen atoms in total. The fourth-order valence-electron chi connectivity index (χ4n) is 2.05. The minimum Gasteiger partial charge on any atom is -0.380 e. The van der Waals surface area contributed by atoms with Gasteiger partial charge in [-0.05, 0) is 17.5 Å². The van der Waals surface area contributed by atoms with Gasteiger partial charge in [0, 0.05) is 20.6 Å². The average Bonchev–Trinajstić information content (AvgIpc) is 2.39. The molecule has 118 valence electrons. The maximum Gasteiger partial charge on any atom is 0.333 e. The van der Waals surface area contributed by atoms with Crippen molar-refractivity contribution in [3.8, 4) is 0 Å². The van der Waals surface area contributed by atoms with Gasteiger partial charge in [-0.15, -0.1) is 0 Å². The SMILES string of the molecule is COCc1ccccc1C(CCN(O)C(C)=O)P(=O)(O)O. The van der Waals surface area contributed by atoms with Gasteiger partial charge in [0.05, 0.1) is 12.3 Å². The molecule has 0 heterocycles. The zero-order valence-electron chi connectivity index (χ0n) is 12.0. The van der Waals surface area contributed by atoms with Crippen molar-refractivity contribution in [1.29, 1.82) is 0 Å². The lowest BCUT2D eigenvalue weighted by atomic mass is 10.0. The van der Waals surface area contributed by atoms with Gasteiger partial charge in [0.15, 0.2) is 0 Å². The third-order valence-electron chi connectivity index (χ3n) is 3.10. The van der Waals surface area contributed by atoms with E-state index in [1.165, 1.54) is 14.0 Å². The molecule has 0 radical (unpaired) electrons. The highest BCUT2D eigenvalue weighted by molar-refractivity contribution is 7.52. The Morgan fingerprint density at radius 1 is 1.38 bits per heavy atom. The normalized spacial score (nSPS) is 13.0. The van der Waals surface area contributed by atoms with Crippen molar-refractivity contribution >= 4 is 13.5 Å². The van der Waals surface area contributed by atoms with Crippen molar-refractivity contribution in [3.05, 3.63) is 35.4 Å². The van der Waals surface area contributed by atoms with Crippen LogP contribution in [0.5, 0.6) is 0 Å². The molecule has 1 unspecified atom stereocenters. The van der Waals surface area contributed by atoms with E-state index in [2.05, 4.69) is 0 Å². The van der Waals surface area contributed by atoms with Crippen LogP contribution in [0.15, 0.2) is 24.3 Å². The Morgan fingerprint density at radius 3 is 2.52 bits per heavy atom. The summed E-state index contributed by atoms with van der Waals surface area (Å²) in [7, 11) is -2.94. The van der Waals surface area contributed by atoms with E-state index in [-0.39, 0.29) is 19.6 Å². The molecule has 0 bridgehead atoms. The van der Waals surface area contributed by atoms with E-state index >= 15 is 0 Å². The van der Waals surface area contributed by atoms with Gasteiger partial charge < -0.3 is 14.5 Å². The Balaban J connectivity index is 3.04. The van der Waals surface area contributed by atoms with E-state index in [9.17, 15) is 24.4 Å². The van der Waals surface area contributed by atoms with E-state index in [1.807, 2.05) is 0 Å². The lowest BCUT2D eigenvalue weighted by Gasteiger charge is -2.23. The number of carbonyl (C=O) groups is 1. The summed E-state index contributed by atoms with van der Waals surface area (Å²) >= 11 is 0. The molecule has 1 aromatic carbocycles. The van der Waals surface area contributed by atoms with Crippen LogP contribution in [0.25, 0.3) is 0 Å². The zero-order valence-corrected chi connectivity index (χ0v) is 12.9. The topological polar surface area (TPSA) is 107 Å². The smallest absolute Gasteiger partial charge is 0.333 e. The summed E-state index contributed by atoms with van der Waals surface area (Å²) < 4.78 is 16.8. The largest absolute Gasteiger partial charge is 0.380 e. The minimum atomic E-state index is -4.44. The predicted molar refractivity (Wildman–Crippen MR) is 75.7 cm³/mol. The number of rotatable bonds is 7. The standard InChI is InChI=1S/C13H20NO6P/c1-10(15)14(16)8-7-13(21(17,18)19)12-6-4-3-5-11(12)9-20-2/h3-6,13,16H,7-9H2,1-2H3,(H2,17,18,19). The Labute approximate surface area is 123 Å². The number of carbonyl (C=O) groups excluding carboxylic acids is 1. The van der Waals surface area contributed by atoms with E-state index in [1.54, 1.807) is 24.3 Å². The summed E-state index contributed by atoms with van der Waals surface area (Å²) in [5, 5.41) is 9.81. The molecule has 0 aromatic heterocycles. The van der Waals surface area contributed by atoms with Gasteiger partial charge in [-0.1, -0.05) is 24.3 Å². The molecule has 1 rings (SSSR count). The van der Waals surface area contributed by atoms with Gasteiger partial charge in [0.1, 0.15) is 0 Å². The van der Waals surface area contributed by atoms with E-state index in [4.69, 9.17) is 4.74 Å². The van der Waals surface area contributed by atoms with Crippen LogP contribution in [0.2, 0.25) is 0 Å². The zero-order chi connectivity index (χ0) is 16.0. The van der Waals surface area contributed by atoms with Crippen LogP contribution in [0.1, 0.15) is 30.1 Å². The Hall–Kier alpha value is -1.24. The van der Waals surface area contributed by atoms with E-state index in [0.717, 1.165) is 0 Å². The molecule has 0 aliphatic carbocycles. The van der Waals surface area contributed by atoms with Gasteiger partial charge in [-0.25, -0.2) is 5.06 Å². The number of methoxy groups -OCH3 is 1. The van der Waals surface area contributed by atoms with Crippen molar-refractivity contribution in [3.63, 3.8) is 0 Å². The van der Waals surface area contributed by atoms with Crippen LogP contribution in [-0.2, 0) is 20.7 Å². The molecule has 0 aliphatic rings. The van der Waals surface area contributed by atoms with Gasteiger partial charge >= 0.3 is 7.60 Å². The average molecular weight is 317 g/mol. The molecule has 0 fully saturated rings. The molecule has 0 spiro atoms. The molecule has 0 aliphatic heterocycles. The Kier molecular flexibility index (Phi) is 6.51. The number of hydroxylamine groups is 2. The first-order valence-electron chi connectivity index (χ1n) is 6.36. The fraction of sp³-hybridized carbons (Fsp3) is 0.462. The number of hydrogen-bond acceptors (Lipinski definition) is 4. The molecule has 21 heavy (non-hydrogen) atoms. The van der Waals surface area contributed by atoms with Crippen LogP contribution < -0.4 is 0 Å². The Bertz CT molecular complexity index is 529. The molecule has 0 saturated heterocycles. The molecule has 0 saturated carbocycles. The van der Waals surface area contributed by atoms with Crippen LogP contribution >= 0.6 is 7.60 Å². The molecule has 3 N–H and O–H groups in total. The second-order valence-corrected chi connectivity index (χ2v) is 6.47. The predicted octanol–water partition coefficient (Wildman–Crippen LogP) is 1.68. The number of benzene rings is 1. The summed E-state index contributed by atoms with van der Waals surface area (Å²) in [6.45, 7) is 1.24. The Morgan fingerprint density at radius 2 is 2.00 bits per heavy atom. The van der Waals surface area contributed by atoms with E-state index in [0.29, 0.717) is 16.2 Å². The highest BCUT2D eigenvalue weighted by atomic mass is 31.2. The van der Waals surface area contributed by atoms with Gasteiger partial charge in [0.2, 0.25) is 5.91 Å². The third-order valence-corrected chi connectivity index (χ3v) is 4.45. The summed E-state index contributed by atoms with van der Waals surface area (Å²) in [5.74, 6) is -0.579. The quantitative estimate of drug-likeness (QED) is 0.401. The molecular formula is C13H20NO6P. The third kappa shape index (κ3) is 5.22. The van der Waals surface area contributed by atoms with Crippen LogP contribution in [0, 0.1) is 0 Å². The van der Waals surface area contributed by atoms with Crippen molar-refractivity contribution in [2.45, 2.75) is 25.6 Å².